The number of carbonyl (C=O) groups is 1. The molecule has 33 heavy (non-hydrogen) atoms. The lowest BCUT2D eigenvalue weighted by molar-refractivity contribution is -0.133. The van der Waals surface area contributed by atoms with E-state index in [4.69, 9.17) is 0 Å². The number of para-hydroxylation sites is 1. The van der Waals surface area contributed by atoms with Crippen LogP contribution < -0.4 is 5.56 Å². The van der Waals surface area contributed by atoms with Crippen molar-refractivity contribution >= 4 is 34.3 Å². The first-order chi connectivity index (χ1) is 15.8. The normalized spacial score (nSPS) is 11.9. The predicted octanol–water partition coefficient (Wildman–Crippen LogP) is 4.37. The summed E-state index contributed by atoms with van der Waals surface area (Å²) in [5, 5.41) is 9.89. The largest absolute Gasteiger partial charge is 0.333 e. The van der Waals surface area contributed by atoms with E-state index in [0.717, 1.165) is 17.5 Å². The monoisotopic (exact) mass is 463 g/mol. The van der Waals surface area contributed by atoms with Crippen LogP contribution in [0, 0.1) is 0 Å². The fourth-order valence-electron chi connectivity index (χ4n) is 3.92. The molecule has 0 bridgehead atoms. The maximum Gasteiger partial charge on any atom is 0.262 e. The fourth-order valence-corrected chi connectivity index (χ4v) is 4.74. The molecule has 0 radical (unpaired) electrons. The number of aryl methyl sites for hydroxylation is 1. The van der Waals surface area contributed by atoms with Gasteiger partial charge in [0.25, 0.3) is 5.56 Å². The minimum Gasteiger partial charge on any atom is -0.333 e. The van der Waals surface area contributed by atoms with Crippen molar-refractivity contribution in [3.63, 3.8) is 0 Å². The smallest absolute Gasteiger partial charge is 0.262 e. The Bertz CT molecular complexity index is 1340. The van der Waals surface area contributed by atoms with Crippen LogP contribution in [0.25, 0.3) is 16.7 Å². The van der Waals surface area contributed by atoms with E-state index in [2.05, 4.69) is 10.2 Å². The molecule has 2 aromatic carbocycles. The van der Waals surface area contributed by atoms with Gasteiger partial charge >= 0.3 is 0 Å². The highest BCUT2D eigenvalue weighted by Gasteiger charge is 2.27. The first-order valence-corrected chi connectivity index (χ1v) is 12.1. The molecule has 0 saturated carbocycles. The molecule has 172 valence electrons. The molecule has 1 amide bonds. The molecule has 0 spiro atoms. The highest BCUT2D eigenvalue weighted by molar-refractivity contribution is 7.99. The Hall–Kier alpha value is -3.13. The summed E-state index contributed by atoms with van der Waals surface area (Å²) in [7, 11) is 0. The van der Waals surface area contributed by atoms with Crippen LogP contribution in [0.5, 0.6) is 0 Å². The number of amides is 1. The number of fused-ring (bicyclic) bond motifs is 3. The lowest BCUT2D eigenvalue weighted by Gasteiger charge is -2.36. The number of hydrogen-bond acceptors (Lipinski definition) is 5. The van der Waals surface area contributed by atoms with Gasteiger partial charge in [-0.05, 0) is 44.9 Å². The standard InChI is InChI=1S/C25H29N5O2S/c1-5-15-28-22(32)19-13-9-10-14-20(19)30-23(28)26-27-24(30)33-17-21(31)29(25(2,3)4)16-18-11-7-6-8-12-18/h6-14H,5,15-17H2,1-4H3. The van der Waals surface area contributed by atoms with Crippen LogP contribution >= 0.6 is 11.8 Å². The lowest BCUT2D eigenvalue weighted by atomic mass is 10.0. The lowest BCUT2D eigenvalue weighted by Crippen LogP contribution is -2.45. The third kappa shape index (κ3) is 4.66. The van der Waals surface area contributed by atoms with Crippen molar-refractivity contribution < 1.29 is 4.79 Å². The Morgan fingerprint density at radius 2 is 1.73 bits per heavy atom. The van der Waals surface area contributed by atoms with Crippen LogP contribution in [0.1, 0.15) is 39.7 Å². The predicted molar refractivity (Wildman–Crippen MR) is 133 cm³/mol. The number of nitrogens with zero attached hydrogens (tertiary/aromatic N) is 5. The molecule has 0 aliphatic carbocycles. The maximum atomic E-state index is 13.3. The molecule has 4 rings (SSSR count). The minimum absolute atomic E-state index is 0.0271. The molecular formula is C25H29N5O2S. The van der Waals surface area contributed by atoms with Crippen LogP contribution in [0.3, 0.4) is 0 Å². The third-order valence-corrected chi connectivity index (χ3v) is 6.46. The Labute approximate surface area is 197 Å². The van der Waals surface area contributed by atoms with E-state index in [-0.39, 0.29) is 22.8 Å². The molecule has 0 N–H and O–H groups in total. The molecule has 2 aromatic heterocycles. The van der Waals surface area contributed by atoms with Gasteiger partial charge in [0.1, 0.15) is 0 Å². The van der Waals surface area contributed by atoms with Crippen molar-refractivity contribution in [1.29, 1.82) is 0 Å². The van der Waals surface area contributed by atoms with E-state index in [1.807, 2.05) is 91.6 Å². The number of thioether (sulfide) groups is 1. The quantitative estimate of drug-likeness (QED) is 0.381. The Morgan fingerprint density at radius 3 is 2.42 bits per heavy atom. The molecule has 0 aliphatic heterocycles. The van der Waals surface area contributed by atoms with E-state index < -0.39 is 0 Å². The van der Waals surface area contributed by atoms with Crippen LogP contribution in [0.15, 0.2) is 64.5 Å². The first kappa shape index (κ1) is 23.0. The second-order valence-corrected chi connectivity index (χ2v) is 9.96. The summed E-state index contributed by atoms with van der Waals surface area (Å²) in [6.07, 6.45) is 0.807. The van der Waals surface area contributed by atoms with Gasteiger partial charge in [0.15, 0.2) is 5.16 Å². The van der Waals surface area contributed by atoms with Crippen molar-refractivity contribution in [2.75, 3.05) is 5.75 Å². The molecule has 7 nitrogen and oxygen atoms in total. The minimum atomic E-state index is -0.325. The van der Waals surface area contributed by atoms with Gasteiger partial charge in [0.2, 0.25) is 11.7 Å². The summed E-state index contributed by atoms with van der Waals surface area (Å²) in [5.41, 5.74) is 1.45. The van der Waals surface area contributed by atoms with Crippen LogP contribution in [0.4, 0.5) is 0 Å². The van der Waals surface area contributed by atoms with Crippen molar-refractivity contribution in [2.45, 2.75) is 57.9 Å². The summed E-state index contributed by atoms with van der Waals surface area (Å²) >= 11 is 1.35. The van der Waals surface area contributed by atoms with E-state index in [9.17, 15) is 9.59 Å². The molecule has 8 heteroatoms. The number of aromatic nitrogens is 4. The number of carbonyl (C=O) groups excluding carboxylic acids is 1. The van der Waals surface area contributed by atoms with Gasteiger partial charge in [-0.2, -0.15) is 0 Å². The molecule has 0 unspecified atom stereocenters. The van der Waals surface area contributed by atoms with E-state index in [0.29, 0.717) is 29.4 Å². The van der Waals surface area contributed by atoms with Crippen LogP contribution in [-0.4, -0.2) is 41.3 Å². The molecule has 2 heterocycles. The van der Waals surface area contributed by atoms with Gasteiger partial charge in [-0.1, -0.05) is 61.2 Å². The molecule has 0 saturated heterocycles. The average molecular weight is 464 g/mol. The van der Waals surface area contributed by atoms with E-state index in [1.54, 1.807) is 4.57 Å². The zero-order valence-corrected chi connectivity index (χ0v) is 20.3. The second-order valence-electron chi connectivity index (χ2n) is 9.02. The molecule has 0 fully saturated rings. The summed E-state index contributed by atoms with van der Waals surface area (Å²) in [6.45, 7) is 9.26. The number of hydrogen-bond donors (Lipinski definition) is 0. The molecule has 0 atom stereocenters. The van der Waals surface area contributed by atoms with E-state index in [1.165, 1.54) is 11.8 Å². The van der Waals surface area contributed by atoms with Crippen molar-refractivity contribution in [2.24, 2.45) is 0 Å². The van der Waals surface area contributed by atoms with Crippen molar-refractivity contribution in [3.05, 3.63) is 70.5 Å². The summed E-state index contributed by atoms with van der Waals surface area (Å²) in [6, 6.07) is 17.5. The zero-order valence-electron chi connectivity index (χ0n) is 19.5. The molecule has 4 aromatic rings. The van der Waals surface area contributed by atoms with Gasteiger partial charge < -0.3 is 4.90 Å². The Morgan fingerprint density at radius 1 is 1.03 bits per heavy atom. The summed E-state index contributed by atoms with van der Waals surface area (Å²) in [4.78, 5) is 28.2. The molecule has 0 aliphatic rings. The van der Waals surface area contributed by atoms with Crippen molar-refractivity contribution in [3.8, 4) is 0 Å². The maximum absolute atomic E-state index is 13.3. The molecular weight excluding hydrogens is 434 g/mol. The highest BCUT2D eigenvalue weighted by atomic mass is 32.2. The fraction of sp³-hybridized carbons (Fsp3) is 0.360. The van der Waals surface area contributed by atoms with Gasteiger partial charge in [-0.25, -0.2) is 0 Å². The zero-order chi connectivity index (χ0) is 23.6. The van der Waals surface area contributed by atoms with Gasteiger partial charge in [0, 0.05) is 18.6 Å². The number of rotatable bonds is 7. The topological polar surface area (TPSA) is 72.5 Å². The average Bonchev–Trinajstić information content (AvgIpc) is 3.22. The van der Waals surface area contributed by atoms with E-state index >= 15 is 0 Å². The Kier molecular flexibility index (Phi) is 6.56. The Balaban J connectivity index is 1.66. The summed E-state index contributed by atoms with van der Waals surface area (Å²) in [5.74, 6) is 0.762. The van der Waals surface area contributed by atoms with Gasteiger partial charge in [-0.15, -0.1) is 10.2 Å². The summed E-state index contributed by atoms with van der Waals surface area (Å²) < 4.78 is 3.56. The van der Waals surface area contributed by atoms with Gasteiger partial charge in [-0.3, -0.25) is 18.6 Å². The third-order valence-electron chi connectivity index (χ3n) is 5.54. The highest BCUT2D eigenvalue weighted by Crippen LogP contribution is 2.24. The SMILES string of the molecule is CCCn1c(=O)c2ccccc2n2c(SCC(=O)N(Cc3ccccc3)C(C)(C)C)nnc12. The number of benzene rings is 2. The van der Waals surface area contributed by atoms with Crippen LogP contribution in [-0.2, 0) is 17.9 Å². The second kappa shape index (κ2) is 9.39. The first-order valence-electron chi connectivity index (χ1n) is 11.1. The van der Waals surface area contributed by atoms with Gasteiger partial charge in [0.05, 0.1) is 16.7 Å². The van der Waals surface area contributed by atoms with Crippen LogP contribution in [0.2, 0.25) is 0 Å². The van der Waals surface area contributed by atoms with Crippen molar-refractivity contribution in [1.82, 2.24) is 24.1 Å².